The highest BCUT2D eigenvalue weighted by Gasteiger charge is 2.16. The minimum absolute atomic E-state index is 0.555. The van der Waals surface area contributed by atoms with Crippen LogP contribution < -0.4 is 15.1 Å². The van der Waals surface area contributed by atoms with Crippen molar-refractivity contribution in [1.29, 1.82) is 0 Å². The zero-order valence-electron chi connectivity index (χ0n) is 14.1. The largest absolute Gasteiger partial charge is 0.324 e. The van der Waals surface area contributed by atoms with Crippen LogP contribution in [-0.4, -0.2) is 0 Å². The van der Waals surface area contributed by atoms with Crippen LogP contribution in [0.1, 0.15) is 5.56 Å². The summed E-state index contributed by atoms with van der Waals surface area (Å²) in [6.07, 6.45) is 2.79. The van der Waals surface area contributed by atoms with Gasteiger partial charge in [-0.25, -0.2) is 0 Å². The number of rotatable bonds is 7. The Hall–Kier alpha value is -0.980. The lowest BCUT2D eigenvalue weighted by atomic mass is 10.1. The Balaban J connectivity index is 1.98. The second-order valence-corrected chi connectivity index (χ2v) is 10.3. The normalized spacial score (nSPS) is 11.5. The van der Waals surface area contributed by atoms with E-state index in [1.165, 1.54) is 21.9 Å². The number of halogens is 2. The zero-order chi connectivity index (χ0) is 18.4. The van der Waals surface area contributed by atoms with Crippen molar-refractivity contribution >= 4 is 65.6 Å². The van der Waals surface area contributed by atoms with Gasteiger partial charge in [-0.15, -0.1) is 6.58 Å². The number of anilines is 1. The minimum atomic E-state index is 0.555. The maximum absolute atomic E-state index is 3.85. The molecule has 0 bridgehead atoms. The lowest BCUT2D eigenvalue weighted by Gasteiger charge is -2.27. The molecule has 5 heteroatoms. The molecule has 3 aromatic carbocycles. The molecular weight excluding hydrogens is 488 g/mol. The number of hydrogen-bond donors (Lipinski definition) is 0. The van der Waals surface area contributed by atoms with Gasteiger partial charge in [-0.2, -0.15) is 0 Å². The molecule has 0 saturated carbocycles. The molecule has 0 aliphatic carbocycles. The molecule has 1 nitrogen and oxygen atoms in total. The molecule has 0 amide bonds. The minimum Gasteiger partial charge on any atom is -0.324 e. The zero-order valence-corrected chi connectivity index (χ0v) is 19.3. The Morgan fingerprint density at radius 1 is 0.808 bits per heavy atom. The fraction of sp³-hybridized carbons (Fsp3) is 0.0476. The van der Waals surface area contributed by atoms with E-state index in [-0.39, 0.29) is 0 Å². The van der Waals surface area contributed by atoms with Gasteiger partial charge in [0.05, 0.1) is 5.69 Å². The lowest BCUT2D eigenvalue weighted by Crippen LogP contribution is -2.12. The van der Waals surface area contributed by atoms with E-state index in [9.17, 15) is 0 Å². The Bertz CT molecular complexity index is 805. The Labute approximate surface area is 175 Å². The predicted octanol–water partition coefficient (Wildman–Crippen LogP) is 6.58. The summed E-state index contributed by atoms with van der Waals surface area (Å²) in [5, 5.41) is 2.65. The van der Waals surface area contributed by atoms with Crippen LogP contribution in [-0.2, 0) is 6.42 Å². The predicted molar refractivity (Wildman–Crippen MR) is 127 cm³/mol. The molecule has 0 aliphatic rings. The Morgan fingerprint density at radius 2 is 1.27 bits per heavy atom. The van der Waals surface area contributed by atoms with Crippen LogP contribution in [0, 0.1) is 0 Å². The highest BCUT2D eigenvalue weighted by molar-refractivity contribution is 9.11. The second kappa shape index (κ2) is 9.81. The van der Waals surface area contributed by atoms with E-state index in [0.717, 1.165) is 15.4 Å². The van der Waals surface area contributed by atoms with Crippen LogP contribution in [0.4, 0.5) is 5.69 Å². The highest BCUT2D eigenvalue weighted by Crippen LogP contribution is 2.46. The van der Waals surface area contributed by atoms with E-state index in [1.807, 2.05) is 6.08 Å². The first kappa shape index (κ1) is 19.8. The van der Waals surface area contributed by atoms with Gasteiger partial charge < -0.3 is 4.44 Å². The Morgan fingerprint density at radius 3 is 1.69 bits per heavy atom. The van der Waals surface area contributed by atoms with E-state index >= 15 is 0 Å². The summed E-state index contributed by atoms with van der Waals surface area (Å²) in [4.78, 5) is 0. The third-order valence-electron chi connectivity index (χ3n) is 3.71. The van der Waals surface area contributed by atoms with Crippen molar-refractivity contribution in [3.63, 3.8) is 0 Å². The summed E-state index contributed by atoms with van der Waals surface area (Å²) in [7, 11) is 1.11. The summed E-state index contributed by atoms with van der Waals surface area (Å²) >= 11 is 7.60. The van der Waals surface area contributed by atoms with E-state index in [4.69, 9.17) is 0 Å². The van der Waals surface area contributed by atoms with Gasteiger partial charge in [0.2, 0.25) is 0 Å². The van der Waals surface area contributed by atoms with Gasteiger partial charge in [-0.3, -0.25) is 0 Å². The van der Waals surface area contributed by atoms with Gasteiger partial charge in [0.1, 0.15) is 0 Å². The summed E-state index contributed by atoms with van der Waals surface area (Å²) in [5.74, 6) is 0. The van der Waals surface area contributed by atoms with Crippen molar-refractivity contribution < 1.29 is 0 Å². The van der Waals surface area contributed by atoms with Crippen LogP contribution in [0.3, 0.4) is 0 Å². The first-order valence-corrected chi connectivity index (χ1v) is 11.7. The average molecular weight is 507 g/mol. The molecule has 0 saturated heterocycles. The molecule has 26 heavy (non-hydrogen) atoms. The van der Waals surface area contributed by atoms with E-state index < -0.39 is 0 Å². The maximum Gasteiger partial charge on any atom is 0.0722 e. The molecule has 0 N–H and O–H groups in total. The van der Waals surface area contributed by atoms with Gasteiger partial charge in [0, 0.05) is 26.4 Å². The van der Waals surface area contributed by atoms with Crippen molar-refractivity contribution in [2.24, 2.45) is 0 Å². The van der Waals surface area contributed by atoms with Gasteiger partial charge in [0.15, 0.2) is 0 Å². The molecule has 2 atom stereocenters. The standard InChI is InChI=1S/C21H19Br2NP2/c1-2-9-16-14-19(22)21(20(23)15-16)24(25-17-10-5-3-6-11-17)26-18-12-7-4-8-13-18/h2-8,10-15,25-26H,1,9H2. The third-order valence-corrected chi connectivity index (χ3v) is 7.67. The van der Waals surface area contributed by atoms with E-state index in [0.29, 0.717) is 17.5 Å². The number of hydrogen-bond acceptors (Lipinski definition) is 1. The molecule has 0 heterocycles. The van der Waals surface area contributed by atoms with Crippen molar-refractivity contribution in [3.05, 3.63) is 100.0 Å². The first-order valence-electron chi connectivity index (χ1n) is 8.19. The number of benzene rings is 3. The summed E-state index contributed by atoms with van der Waals surface area (Å²) in [5.41, 5.74) is 2.44. The van der Waals surface area contributed by atoms with Gasteiger partial charge in [0.25, 0.3) is 0 Å². The molecule has 0 spiro atoms. The van der Waals surface area contributed by atoms with Gasteiger partial charge >= 0.3 is 0 Å². The Kier molecular flexibility index (Phi) is 7.46. The van der Waals surface area contributed by atoms with E-state index in [2.05, 4.69) is 116 Å². The van der Waals surface area contributed by atoms with E-state index in [1.54, 1.807) is 0 Å². The molecule has 0 radical (unpaired) electrons. The van der Waals surface area contributed by atoms with Crippen LogP contribution in [0.15, 0.2) is 94.4 Å². The third kappa shape index (κ3) is 5.27. The smallest absolute Gasteiger partial charge is 0.0722 e. The molecule has 0 fully saturated rings. The molecule has 0 aromatic heterocycles. The van der Waals surface area contributed by atoms with Crippen LogP contribution in [0.2, 0.25) is 0 Å². The highest BCUT2D eigenvalue weighted by atomic mass is 79.9. The van der Waals surface area contributed by atoms with Crippen LogP contribution in [0.25, 0.3) is 0 Å². The quantitative estimate of drug-likeness (QED) is 0.258. The lowest BCUT2D eigenvalue weighted by molar-refractivity contribution is 1.26. The molecule has 3 rings (SSSR count). The van der Waals surface area contributed by atoms with Gasteiger partial charge in [-0.05, 0) is 66.6 Å². The topological polar surface area (TPSA) is 3.24 Å². The maximum atomic E-state index is 3.85. The monoisotopic (exact) mass is 505 g/mol. The van der Waals surface area contributed by atoms with Crippen molar-refractivity contribution in [1.82, 2.24) is 0 Å². The SMILES string of the molecule is C=CCc1cc(Br)c(N(Pc2ccccc2)Pc2ccccc2)c(Br)c1. The van der Waals surface area contributed by atoms with Crippen LogP contribution in [0.5, 0.6) is 0 Å². The molecular formula is C21H19Br2NP2. The average Bonchev–Trinajstić information content (AvgIpc) is 2.63. The van der Waals surface area contributed by atoms with Crippen molar-refractivity contribution in [3.8, 4) is 0 Å². The number of allylic oxidation sites excluding steroid dienone is 1. The first-order chi connectivity index (χ1) is 12.7. The molecule has 3 aromatic rings. The fourth-order valence-corrected chi connectivity index (χ4v) is 7.73. The van der Waals surface area contributed by atoms with Crippen molar-refractivity contribution in [2.45, 2.75) is 6.42 Å². The molecule has 0 aliphatic heterocycles. The molecule has 2 unspecified atom stereocenters. The second-order valence-electron chi connectivity index (χ2n) is 5.69. The van der Waals surface area contributed by atoms with Crippen LogP contribution >= 0.6 is 49.3 Å². The fourth-order valence-electron chi connectivity index (χ4n) is 2.54. The number of nitrogens with zero attached hydrogens (tertiary/aromatic N) is 1. The van der Waals surface area contributed by atoms with Gasteiger partial charge in [-0.1, -0.05) is 66.7 Å². The summed E-state index contributed by atoms with van der Waals surface area (Å²) in [6.45, 7) is 3.85. The molecule has 132 valence electrons. The summed E-state index contributed by atoms with van der Waals surface area (Å²) in [6, 6.07) is 25.7. The summed E-state index contributed by atoms with van der Waals surface area (Å²) < 4.78 is 4.67. The van der Waals surface area contributed by atoms with Crippen molar-refractivity contribution in [2.75, 3.05) is 4.44 Å².